The number of aliphatic hydroxyl groups excluding tert-OH is 2. The predicted octanol–water partition coefficient (Wildman–Crippen LogP) is 6.19. The van der Waals surface area contributed by atoms with Crippen molar-refractivity contribution in [2.75, 3.05) is 0 Å². The van der Waals surface area contributed by atoms with E-state index in [1.807, 2.05) is 0 Å². The molecule has 10 unspecified atom stereocenters. The summed E-state index contributed by atoms with van der Waals surface area (Å²) in [5, 5.41) is 21.1. The topological polar surface area (TPSA) is 40.5 Å². The molecule has 0 spiro atoms. The van der Waals surface area contributed by atoms with Crippen LogP contribution in [-0.2, 0) is 0 Å². The van der Waals surface area contributed by atoms with Gasteiger partial charge in [-0.3, -0.25) is 0 Å². The van der Waals surface area contributed by atoms with E-state index >= 15 is 0 Å². The zero-order valence-electron chi connectivity index (χ0n) is 19.1. The van der Waals surface area contributed by atoms with Crippen LogP contribution in [0.3, 0.4) is 0 Å². The van der Waals surface area contributed by atoms with Crippen molar-refractivity contribution in [3.63, 3.8) is 0 Å². The van der Waals surface area contributed by atoms with E-state index in [-0.39, 0.29) is 12.2 Å². The quantitative estimate of drug-likeness (QED) is 0.578. The number of hydrogen-bond donors (Lipinski definition) is 2. The van der Waals surface area contributed by atoms with E-state index in [4.69, 9.17) is 0 Å². The minimum atomic E-state index is -0.0684. The Morgan fingerprint density at radius 1 is 0.552 bits per heavy atom. The molecule has 5 saturated carbocycles. The van der Waals surface area contributed by atoms with Crippen LogP contribution in [0.1, 0.15) is 104 Å². The van der Waals surface area contributed by atoms with E-state index in [0.717, 1.165) is 48.3 Å². The Balaban J connectivity index is 1.57. The zero-order chi connectivity index (χ0) is 20.2. The zero-order valence-corrected chi connectivity index (χ0v) is 19.1. The first-order chi connectivity index (χ1) is 14.0. The molecule has 0 aliphatic heterocycles. The lowest BCUT2D eigenvalue weighted by Crippen LogP contribution is -2.52. The molecule has 0 saturated heterocycles. The van der Waals surface area contributed by atoms with Crippen LogP contribution in [0.25, 0.3) is 0 Å². The van der Waals surface area contributed by atoms with E-state index in [1.54, 1.807) is 0 Å². The lowest BCUT2D eigenvalue weighted by Gasteiger charge is -2.58. The second-order valence-corrected chi connectivity index (χ2v) is 12.2. The highest BCUT2D eigenvalue weighted by Crippen LogP contribution is 2.72. The molecular weight excluding hydrogens is 356 g/mol. The van der Waals surface area contributed by atoms with Gasteiger partial charge in [-0.15, -0.1) is 0 Å². The number of rotatable bonds is 2. The molecule has 5 aliphatic carbocycles. The van der Waals surface area contributed by atoms with Gasteiger partial charge in [0.2, 0.25) is 0 Å². The molecule has 0 radical (unpaired) electrons. The Kier molecular flexibility index (Phi) is 5.82. The molecule has 10 atom stereocenters. The molecule has 166 valence electrons. The van der Waals surface area contributed by atoms with E-state index in [9.17, 15) is 10.2 Å². The summed E-state index contributed by atoms with van der Waals surface area (Å²) in [6, 6.07) is 0. The third kappa shape index (κ3) is 3.25. The fraction of sp³-hybridized carbons (Fsp3) is 1.00. The van der Waals surface area contributed by atoms with Gasteiger partial charge in [0.1, 0.15) is 0 Å². The van der Waals surface area contributed by atoms with Crippen LogP contribution in [-0.4, -0.2) is 22.4 Å². The monoisotopic (exact) mass is 402 g/mol. The van der Waals surface area contributed by atoms with Crippen molar-refractivity contribution in [2.24, 2.45) is 52.8 Å². The van der Waals surface area contributed by atoms with Gasteiger partial charge in [0.15, 0.2) is 0 Å². The van der Waals surface area contributed by atoms with Crippen LogP contribution in [0.5, 0.6) is 0 Å². The van der Waals surface area contributed by atoms with Crippen molar-refractivity contribution in [1.82, 2.24) is 0 Å². The molecule has 0 aromatic carbocycles. The third-order valence-corrected chi connectivity index (χ3v) is 11.1. The molecule has 5 fully saturated rings. The molecule has 5 rings (SSSR count). The Bertz CT molecular complexity index is 523. The van der Waals surface area contributed by atoms with Crippen LogP contribution in [0, 0.1) is 52.8 Å². The van der Waals surface area contributed by atoms with Crippen LogP contribution >= 0.6 is 0 Å². The summed E-state index contributed by atoms with van der Waals surface area (Å²) in [4.78, 5) is 0. The summed E-state index contributed by atoms with van der Waals surface area (Å²) in [5.74, 6) is 6.49. The van der Waals surface area contributed by atoms with Crippen molar-refractivity contribution >= 4 is 0 Å². The molecule has 5 aliphatic rings. The maximum absolute atomic E-state index is 10.5. The van der Waals surface area contributed by atoms with Crippen LogP contribution in [0.4, 0.5) is 0 Å². The Morgan fingerprint density at radius 3 is 1.38 bits per heavy atom. The first-order valence-corrected chi connectivity index (χ1v) is 13.4. The fourth-order valence-electron chi connectivity index (χ4n) is 10.1. The minimum absolute atomic E-state index is 0.0684. The molecule has 0 bridgehead atoms. The normalized spacial score (nSPS) is 55.9. The van der Waals surface area contributed by atoms with E-state index in [1.165, 1.54) is 77.0 Å². The predicted molar refractivity (Wildman–Crippen MR) is 118 cm³/mol. The van der Waals surface area contributed by atoms with Crippen LogP contribution < -0.4 is 0 Å². The van der Waals surface area contributed by atoms with Gasteiger partial charge in [0.05, 0.1) is 12.2 Å². The first kappa shape index (κ1) is 20.8. The van der Waals surface area contributed by atoms with Gasteiger partial charge in [-0.1, -0.05) is 39.5 Å². The third-order valence-electron chi connectivity index (χ3n) is 11.1. The summed E-state index contributed by atoms with van der Waals surface area (Å²) in [5.41, 5.74) is 0.527. The summed E-state index contributed by atoms with van der Waals surface area (Å²) in [6.45, 7) is 4.65. The second-order valence-electron chi connectivity index (χ2n) is 12.2. The lowest BCUT2D eigenvalue weighted by molar-refractivity contribution is -0.111. The second kappa shape index (κ2) is 8.12. The molecule has 0 heterocycles. The largest absolute Gasteiger partial charge is 0.393 e. The summed E-state index contributed by atoms with van der Waals surface area (Å²) >= 11 is 0. The van der Waals surface area contributed by atoms with Crippen LogP contribution in [0.2, 0.25) is 0 Å². The van der Waals surface area contributed by atoms with E-state index in [0.29, 0.717) is 17.3 Å². The maximum atomic E-state index is 10.5. The maximum Gasteiger partial charge on any atom is 0.0566 e. The molecule has 0 aromatic heterocycles. The molecule has 29 heavy (non-hydrogen) atoms. The van der Waals surface area contributed by atoms with Gasteiger partial charge in [-0.2, -0.15) is 0 Å². The molecule has 2 heteroatoms. The highest BCUT2D eigenvalue weighted by Gasteiger charge is 2.65. The SMILES string of the molecule is CC1CC(C2(C3CCC(O)C(C)C3)C3CCCCC3C3CCCCC32)CCC1O. The van der Waals surface area contributed by atoms with Gasteiger partial charge in [0, 0.05) is 0 Å². The number of hydrogen-bond acceptors (Lipinski definition) is 2. The van der Waals surface area contributed by atoms with Crippen molar-refractivity contribution in [2.45, 2.75) is 116 Å². The first-order valence-electron chi connectivity index (χ1n) is 13.4. The average molecular weight is 403 g/mol. The Morgan fingerprint density at radius 2 is 0.966 bits per heavy atom. The van der Waals surface area contributed by atoms with Gasteiger partial charge in [0.25, 0.3) is 0 Å². The van der Waals surface area contributed by atoms with Crippen molar-refractivity contribution in [1.29, 1.82) is 0 Å². The van der Waals surface area contributed by atoms with Crippen molar-refractivity contribution in [3.8, 4) is 0 Å². The van der Waals surface area contributed by atoms with Gasteiger partial charge in [-0.05, 0) is 117 Å². The van der Waals surface area contributed by atoms with Gasteiger partial charge < -0.3 is 10.2 Å². The highest BCUT2D eigenvalue weighted by molar-refractivity contribution is 5.14. The molecule has 0 amide bonds. The number of aliphatic hydroxyl groups is 2. The lowest BCUT2D eigenvalue weighted by atomic mass is 9.47. The highest BCUT2D eigenvalue weighted by atomic mass is 16.3. The summed E-state index contributed by atoms with van der Waals surface area (Å²) in [7, 11) is 0. The summed E-state index contributed by atoms with van der Waals surface area (Å²) < 4.78 is 0. The van der Waals surface area contributed by atoms with Gasteiger partial charge in [-0.25, -0.2) is 0 Å². The van der Waals surface area contributed by atoms with Crippen molar-refractivity contribution < 1.29 is 10.2 Å². The fourth-order valence-corrected chi connectivity index (χ4v) is 10.1. The minimum Gasteiger partial charge on any atom is -0.393 e. The Labute approximate surface area is 179 Å². The molecule has 2 N–H and O–H groups in total. The molecule has 2 nitrogen and oxygen atoms in total. The molecular formula is C27H46O2. The smallest absolute Gasteiger partial charge is 0.0566 e. The molecule has 0 aromatic rings. The number of fused-ring (bicyclic) bond motifs is 3. The standard InChI is InChI=1S/C27H46O2/c1-17-15-19(11-13-25(17)28)27(20-12-14-26(29)18(2)16-20)23-9-5-3-7-21(23)22-8-4-6-10-24(22)27/h17-26,28-29H,3-16H2,1-2H3. The summed E-state index contributed by atoms with van der Waals surface area (Å²) in [6.07, 6.45) is 18.8. The van der Waals surface area contributed by atoms with Crippen LogP contribution in [0.15, 0.2) is 0 Å². The van der Waals surface area contributed by atoms with E-state index < -0.39 is 0 Å². The average Bonchev–Trinajstić information content (AvgIpc) is 3.04. The van der Waals surface area contributed by atoms with E-state index in [2.05, 4.69) is 13.8 Å². The van der Waals surface area contributed by atoms with Gasteiger partial charge >= 0.3 is 0 Å². The Hall–Kier alpha value is -0.0800. The van der Waals surface area contributed by atoms with Crippen molar-refractivity contribution in [3.05, 3.63) is 0 Å².